The molecular formula is C33H45N9O3. The van der Waals surface area contributed by atoms with Gasteiger partial charge >= 0.3 is 0 Å². The van der Waals surface area contributed by atoms with Crippen LogP contribution in [0.3, 0.4) is 0 Å². The van der Waals surface area contributed by atoms with E-state index in [1.165, 1.54) is 11.4 Å². The quantitative estimate of drug-likeness (QED) is 0.0980. The highest BCUT2D eigenvalue weighted by molar-refractivity contribution is 5.68. The molecule has 1 aromatic heterocycles. The zero-order valence-corrected chi connectivity index (χ0v) is 26.0. The fourth-order valence-electron chi connectivity index (χ4n) is 5.93. The summed E-state index contributed by atoms with van der Waals surface area (Å²) < 4.78 is 12.2. The summed E-state index contributed by atoms with van der Waals surface area (Å²) in [6.45, 7) is 8.96. The molecule has 3 N–H and O–H groups in total. The van der Waals surface area contributed by atoms with Gasteiger partial charge in [-0.15, -0.1) is 10.2 Å². The van der Waals surface area contributed by atoms with E-state index in [1.807, 2.05) is 6.07 Å². The standard InChI is InChI=1S/C33H45N9O3/c34-33-32(24-30(37-38-33)29-9-3-4-10-31(29)43)45-28-8-7-16-42(25-28)27-13-11-26(12-14-27)41-19-17-40(18-20-41)21-23-44-22-6-2-1-5-15-36-39-35/h3-4,9-14,24,28,43H,1-2,5-8,15-23,25H2,(H2,34,38)/t28-/m0/s1. The number of aromatic hydroxyl groups is 1. The van der Waals surface area contributed by atoms with Gasteiger partial charge in [0.2, 0.25) is 0 Å². The summed E-state index contributed by atoms with van der Waals surface area (Å²) in [4.78, 5) is 10.1. The predicted octanol–water partition coefficient (Wildman–Crippen LogP) is 5.49. The molecule has 2 aliphatic heterocycles. The zero-order chi connectivity index (χ0) is 31.3. The van der Waals surface area contributed by atoms with Gasteiger partial charge in [0.15, 0.2) is 11.6 Å². The van der Waals surface area contributed by atoms with Crippen molar-refractivity contribution in [2.75, 3.05) is 81.1 Å². The topological polar surface area (TPSA) is 149 Å². The second kappa shape index (κ2) is 16.7. The average Bonchev–Trinajstić information content (AvgIpc) is 3.07. The van der Waals surface area contributed by atoms with Gasteiger partial charge in [-0.3, -0.25) is 4.90 Å². The van der Waals surface area contributed by atoms with Crippen molar-refractivity contribution in [3.05, 3.63) is 65.0 Å². The van der Waals surface area contributed by atoms with Crippen LogP contribution in [0.15, 0.2) is 59.7 Å². The summed E-state index contributed by atoms with van der Waals surface area (Å²) in [5.74, 6) is 0.878. The molecule has 0 saturated carbocycles. The number of unbranched alkanes of at least 4 members (excludes halogenated alkanes) is 3. The second-order valence-electron chi connectivity index (χ2n) is 11.7. The number of phenols is 1. The number of hydrogen-bond donors (Lipinski definition) is 2. The summed E-state index contributed by atoms with van der Waals surface area (Å²) in [7, 11) is 0. The third kappa shape index (κ3) is 9.37. The number of azide groups is 1. The van der Waals surface area contributed by atoms with Crippen LogP contribution < -0.4 is 20.3 Å². The van der Waals surface area contributed by atoms with Crippen molar-refractivity contribution in [1.82, 2.24) is 15.1 Å². The lowest BCUT2D eigenvalue weighted by molar-refractivity contribution is 0.0985. The smallest absolute Gasteiger partial charge is 0.188 e. The number of aromatic nitrogens is 2. The average molecular weight is 616 g/mol. The van der Waals surface area contributed by atoms with Crippen LogP contribution in [0.2, 0.25) is 0 Å². The molecule has 2 saturated heterocycles. The number of anilines is 3. The number of nitrogen functional groups attached to an aromatic ring is 1. The number of rotatable bonds is 15. The molecule has 3 aromatic rings. The molecule has 2 aromatic carbocycles. The van der Waals surface area contributed by atoms with Crippen LogP contribution in [0.4, 0.5) is 17.2 Å². The maximum absolute atomic E-state index is 10.2. The highest BCUT2D eigenvalue weighted by Gasteiger charge is 2.24. The fraction of sp³-hybridized carbons (Fsp3) is 0.515. The molecule has 45 heavy (non-hydrogen) atoms. The predicted molar refractivity (Wildman–Crippen MR) is 178 cm³/mol. The van der Waals surface area contributed by atoms with Crippen LogP contribution in [0.25, 0.3) is 21.7 Å². The fourth-order valence-corrected chi connectivity index (χ4v) is 5.93. The third-order valence-electron chi connectivity index (χ3n) is 8.50. The first-order chi connectivity index (χ1) is 22.1. The first kappa shape index (κ1) is 32.2. The number of hydrogen-bond acceptors (Lipinski definition) is 10. The van der Waals surface area contributed by atoms with Crippen LogP contribution in [0.1, 0.15) is 38.5 Å². The van der Waals surface area contributed by atoms with Crippen molar-refractivity contribution in [2.45, 2.75) is 44.6 Å². The Kier molecular flexibility index (Phi) is 11.9. The van der Waals surface area contributed by atoms with Gasteiger partial charge in [0.25, 0.3) is 0 Å². The van der Waals surface area contributed by atoms with Crippen molar-refractivity contribution in [2.24, 2.45) is 5.11 Å². The Morgan fingerprint density at radius 3 is 2.44 bits per heavy atom. The summed E-state index contributed by atoms with van der Waals surface area (Å²) in [5, 5.41) is 22.1. The van der Waals surface area contributed by atoms with E-state index in [0.717, 1.165) is 97.6 Å². The molecule has 0 bridgehead atoms. The van der Waals surface area contributed by atoms with Gasteiger partial charge in [-0.1, -0.05) is 30.1 Å². The lowest BCUT2D eigenvalue weighted by Crippen LogP contribution is -2.47. The molecule has 12 heteroatoms. The van der Waals surface area contributed by atoms with Gasteiger partial charge < -0.3 is 30.1 Å². The molecule has 3 heterocycles. The summed E-state index contributed by atoms with van der Waals surface area (Å²) in [5.41, 5.74) is 18.0. The van der Waals surface area contributed by atoms with Gasteiger partial charge in [-0.05, 0) is 67.6 Å². The SMILES string of the molecule is [N-]=[N+]=NCCCCCCOCCN1CCN(c2ccc(N3CCC[C@H](Oc4cc(-c5ccccc5O)nnc4N)C3)cc2)CC1. The van der Waals surface area contributed by atoms with Crippen molar-refractivity contribution in [3.63, 3.8) is 0 Å². The van der Waals surface area contributed by atoms with E-state index in [4.69, 9.17) is 20.7 Å². The van der Waals surface area contributed by atoms with E-state index < -0.39 is 0 Å². The van der Waals surface area contributed by atoms with Gasteiger partial charge in [0, 0.05) is 80.3 Å². The molecule has 1 atom stereocenters. The van der Waals surface area contributed by atoms with Crippen LogP contribution in [0.5, 0.6) is 11.5 Å². The summed E-state index contributed by atoms with van der Waals surface area (Å²) in [6.07, 6.45) is 6.13. The maximum atomic E-state index is 10.2. The molecule has 0 spiro atoms. The number of ether oxygens (including phenoxy) is 2. The Bertz CT molecular complexity index is 1390. The molecule has 2 aliphatic rings. The van der Waals surface area contributed by atoms with E-state index in [1.54, 1.807) is 24.3 Å². The number of nitrogens with zero attached hydrogens (tertiary/aromatic N) is 8. The molecule has 240 valence electrons. The van der Waals surface area contributed by atoms with Gasteiger partial charge in [0.05, 0.1) is 13.2 Å². The van der Waals surface area contributed by atoms with E-state index >= 15 is 0 Å². The number of para-hydroxylation sites is 1. The van der Waals surface area contributed by atoms with Crippen molar-refractivity contribution in [1.29, 1.82) is 0 Å². The van der Waals surface area contributed by atoms with Crippen LogP contribution in [-0.4, -0.2) is 91.9 Å². The van der Waals surface area contributed by atoms with Gasteiger partial charge in [-0.2, -0.15) is 0 Å². The summed E-state index contributed by atoms with van der Waals surface area (Å²) >= 11 is 0. The van der Waals surface area contributed by atoms with E-state index in [0.29, 0.717) is 23.6 Å². The molecule has 0 amide bonds. The van der Waals surface area contributed by atoms with E-state index in [2.05, 4.69) is 59.2 Å². The Hall–Kier alpha value is -4.25. The van der Waals surface area contributed by atoms with Crippen LogP contribution >= 0.6 is 0 Å². The first-order valence-electron chi connectivity index (χ1n) is 16.1. The second-order valence-corrected chi connectivity index (χ2v) is 11.7. The van der Waals surface area contributed by atoms with Crippen molar-refractivity contribution >= 4 is 17.2 Å². The van der Waals surface area contributed by atoms with E-state index in [9.17, 15) is 5.11 Å². The minimum absolute atomic E-state index is 0.0328. The normalized spacial score (nSPS) is 17.2. The zero-order valence-electron chi connectivity index (χ0n) is 26.0. The molecule has 2 fully saturated rings. The monoisotopic (exact) mass is 615 g/mol. The Morgan fingerprint density at radius 2 is 1.67 bits per heavy atom. The largest absolute Gasteiger partial charge is 0.507 e. The number of piperidine rings is 1. The molecule has 12 nitrogen and oxygen atoms in total. The molecule has 0 aliphatic carbocycles. The first-order valence-corrected chi connectivity index (χ1v) is 16.1. The van der Waals surface area contributed by atoms with Crippen molar-refractivity contribution < 1.29 is 14.6 Å². The molecular weight excluding hydrogens is 570 g/mol. The lowest BCUT2D eigenvalue weighted by Gasteiger charge is -2.37. The molecule has 5 rings (SSSR count). The van der Waals surface area contributed by atoms with Crippen LogP contribution in [-0.2, 0) is 4.74 Å². The minimum Gasteiger partial charge on any atom is -0.507 e. The van der Waals surface area contributed by atoms with Gasteiger partial charge in [0.1, 0.15) is 17.5 Å². The summed E-state index contributed by atoms with van der Waals surface area (Å²) in [6, 6.07) is 17.7. The Morgan fingerprint density at radius 1 is 0.911 bits per heavy atom. The number of nitrogens with two attached hydrogens (primary N) is 1. The maximum Gasteiger partial charge on any atom is 0.188 e. The number of piperazine rings is 1. The number of phenolic OH excluding ortho intramolecular Hbond substituents is 1. The van der Waals surface area contributed by atoms with Crippen molar-refractivity contribution in [3.8, 4) is 22.8 Å². The lowest BCUT2D eigenvalue weighted by atomic mass is 10.1. The highest BCUT2D eigenvalue weighted by atomic mass is 16.5. The molecule has 0 radical (unpaired) electrons. The van der Waals surface area contributed by atoms with Gasteiger partial charge in [-0.25, -0.2) is 0 Å². The van der Waals surface area contributed by atoms with Crippen LogP contribution in [0, 0.1) is 0 Å². The highest BCUT2D eigenvalue weighted by Crippen LogP contribution is 2.32. The number of benzene rings is 2. The molecule has 0 unspecified atom stereocenters. The third-order valence-corrected chi connectivity index (χ3v) is 8.50. The Balaban J connectivity index is 1.04. The van der Waals surface area contributed by atoms with E-state index in [-0.39, 0.29) is 17.7 Å². The minimum atomic E-state index is -0.0328. The Labute approximate surface area is 265 Å².